The molecule has 0 aliphatic carbocycles. The number of carbonyl (C=O) groups is 1. The smallest absolute Gasteiger partial charge is 0.254 e. The highest BCUT2D eigenvalue weighted by atomic mass is 16.2. The lowest BCUT2D eigenvalue weighted by Crippen LogP contribution is -2.49. The number of hydrogen-bond acceptors (Lipinski definition) is 6. The minimum Gasteiger partial charge on any atom is -0.378 e. The molecule has 0 radical (unpaired) electrons. The molecule has 0 bridgehead atoms. The Morgan fingerprint density at radius 1 is 0.967 bits per heavy atom. The van der Waals surface area contributed by atoms with Gasteiger partial charge >= 0.3 is 0 Å². The van der Waals surface area contributed by atoms with Crippen LogP contribution < -0.4 is 14.7 Å². The number of piperazine rings is 1. The zero-order valence-electron chi connectivity index (χ0n) is 18.3. The van der Waals surface area contributed by atoms with Crippen molar-refractivity contribution >= 4 is 23.2 Å². The van der Waals surface area contributed by atoms with Gasteiger partial charge in [-0.3, -0.25) is 4.79 Å². The molecule has 160 valence electrons. The second-order valence-corrected chi connectivity index (χ2v) is 8.51. The molecule has 1 atom stereocenters. The van der Waals surface area contributed by atoms with Crippen molar-refractivity contribution in [2.75, 3.05) is 61.5 Å². The van der Waals surface area contributed by atoms with Crippen LogP contribution in [0.1, 0.15) is 36.5 Å². The van der Waals surface area contributed by atoms with Gasteiger partial charge in [-0.2, -0.15) is 0 Å². The van der Waals surface area contributed by atoms with Crippen LogP contribution >= 0.6 is 0 Å². The lowest BCUT2D eigenvalue weighted by molar-refractivity contribution is 0.0746. The van der Waals surface area contributed by atoms with E-state index in [2.05, 4.69) is 39.1 Å². The predicted octanol–water partition coefficient (Wildman–Crippen LogP) is 2.88. The van der Waals surface area contributed by atoms with Crippen molar-refractivity contribution < 1.29 is 4.79 Å². The Balaban J connectivity index is 1.36. The number of amides is 1. The Morgan fingerprint density at radius 2 is 1.70 bits per heavy atom. The van der Waals surface area contributed by atoms with Crippen molar-refractivity contribution in [1.29, 1.82) is 0 Å². The Labute approximate surface area is 179 Å². The number of aromatic nitrogens is 2. The predicted molar refractivity (Wildman–Crippen MR) is 122 cm³/mol. The molecular weight excluding hydrogens is 376 g/mol. The summed E-state index contributed by atoms with van der Waals surface area (Å²) >= 11 is 0. The first-order chi connectivity index (χ1) is 14.5. The van der Waals surface area contributed by atoms with Gasteiger partial charge in [0, 0.05) is 64.1 Å². The van der Waals surface area contributed by atoms with Gasteiger partial charge in [0.25, 0.3) is 5.91 Å². The zero-order valence-corrected chi connectivity index (χ0v) is 18.3. The first-order valence-electron chi connectivity index (χ1n) is 10.9. The maximum atomic E-state index is 12.9. The topological polar surface area (TPSA) is 55.8 Å². The number of anilines is 3. The average Bonchev–Trinajstić information content (AvgIpc) is 2.79. The summed E-state index contributed by atoms with van der Waals surface area (Å²) in [5.41, 5.74) is 1.78. The lowest BCUT2D eigenvalue weighted by atomic mass is 10.0. The van der Waals surface area contributed by atoms with Crippen molar-refractivity contribution in [3.05, 3.63) is 42.0 Å². The summed E-state index contributed by atoms with van der Waals surface area (Å²) in [4.78, 5) is 21.5. The van der Waals surface area contributed by atoms with Gasteiger partial charge in [-0.05, 0) is 56.5 Å². The molecule has 1 aromatic heterocycles. The molecule has 1 amide bonds. The average molecular weight is 409 g/mol. The van der Waals surface area contributed by atoms with Crippen molar-refractivity contribution in [2.45, 2.75) is 32.2 Å². The fourth-order valence-electron chi connectivity index (χ4n) is 4.32. The van der Waals surface area contributed by atoms with Crippen LogP contribution in [-0.2, 0) is 0 Å². The Morgan fingerprint density at radius 3 is 2.37 bits per heavy atom. The molecule has 4 rings (SSSR count). The summed E-state index contributed by atoms with van der Waals surface area (Å²) in [6.45, 7) is 6.25. The Bertz CT molecular complexity index is 860. The third kappa shape index (κ3) is 4.35. The van der Waals surface area contributed by atoms with Crippen LogP contribution in [0, 0.1) is 0 Å². The van der Waals surface area contributed by atoms with E-state index in [1.54, 1.807) is 0 Å². The number of carbonyl (C=O) groups excluding carboxylic acids is 1. The molecule has 2 aliphatic heterocycles. The van der Waals surface area contributed by atoms with Gasteiger partial charge in [0.2, 0.25) is 0 Å². The molecule has 0 N–H and O–H groups in total. The number of nitrogens with zero attached hydrogens (tertiary/aromatic N) is 6. The van der Waals surface area contributed by atoms with Crippen molar-refractivity contribution in [3.63, 3.8) is 0 Å². The van der Waals surface area contributed by atoms with Crippen molar-refractivity contribution in [3.8, 4) is 0 Å². The van der Waals surface area contributed by atoms with Crippen molar-refractivity contribution in [1.82, 2.24) is 15.1 Å². The van der Waals surface area contributed by atoms with E-state index >= 15 is 0 Å². The van der Waals surface area contributed by atoms with E-state index in [0.29, 0.717) is 19.1 Å². The second-order valence-electron chi connectivity index (χ2n) is 8.51. The summed E-state index contributed by atoms with van der Waals surface area (Å²) in [6.07, 6.45) is 3.74. The Hall–Kier alpha value is -2.83. The van der Waals surface area contributed by atoms with Gasteiger partial charge in [0.05, 0.1) is 0 Å². The molecule has 2 fully saturated rings. The van der Waals surface area contributed by atoms with E-state index < -0.39 is 0 Å². The monoisotopic (exact) mass is 408 g/mol. The summed E-state index contributed by atoms with van der Waals surface area (Å²) < 4.78 is 0. The highest BCUT2D eigenvalue weighted by Gasteiger charge is 2.24. The van der Waals surface area contributed by atoms with Crippen LogP contribution in [-0.4, -0.2) is 73.9 Å². The molecule has 7 heteroatoms. The molecule has 7 nitrogen and oxygen atoms in total. The summed E-state index contributed by atoms with van der Waals surface area (Å²) in [5, 5.41) is 9.00. The van der Waals surface area contributed by atoms with Crippen LogP contribution in [0.5, 0.6) is 0 Å². The van der Waals surface area contributed by atoms with Crippen LogP contribution in [0.4, 0.5) is 17.3 Å². The minimum atomic E-state index is 0.0962. The normalized spacial score (nSPS) is 19.7. The van der Waals surface area contributed by atoms with Gasteiger partial charge in [-0.25, -0.2) is 0 Å². The van der Waals surface area contributed by atoms with E-state index in [1.165, 1.54) is 19.3 Å². The van der Waals surface area contributed by atoms with Gasteiger partial charge < -0.3 is 19.6 Å². The molecule has 2 aliphatic rings. The van der Waals surface area contributed by atoms with Crippen LogP contribution in [0.25, 0.3) is 0 Å². The standard InChI is InChI=1S/C23H32N6O/c1-18-7-4-5-12-29(18)22-11-10-21(24-25-22)27-13-15-28(16-14-27)23(30)19-8-6-9-20(17-19)26(2)3/h6,8-11,17-18H,4-5,7,12-16H2,1-3H3. The van der Waals surface area contributed by atoms with E-state index in [-0.39, 0.29) is 5.91 Å². The van der Waals surface area contributed by atoms with E-state index in [0.717, 1.165) is 42.5 Å². The quantitative estimate of drug-likeness (QED) is 0.775. The molecule has 30 heavy (non-hydrogen) atoms. The van der Waals surface area contributed by atoms with Crippen LogP contribution in [0.15, 0.2) is 36.4 Å². The molecule has 2 aromatic rings. The lowest BCUT2D eigenvalue weighted by Gasteiger charge is -2.36. The largest absolute Gasteiger partial charge is 0.378 e. The number of rotatable bonds is 4. The molecule has 0 spiro atoms. The molecule has 1 unspecified atom stereocenters. The first-order valence-corrected chi connectivity index (χ1v) is 10.9. The summed E-state index contributed by atoms with van der Waals surface area (Å²) in [5.74, 6) is 1.96. The highest BCUT2D eigenvalue weighted by Crippen LogP contribution is 2.24. The first kappa shape index (κ1) is 20.4. The van der Waals surface area contributed by atoms with Gasteiger partial charge in [-0.15, -0.1) is 10.2 Å². The minimum absolute atomic E-state index is 0.0962. The third-order valence-electron chi connectivity index (χ3n) is 6.23. The maximum absolute atomic E-state index is 12.9. The zero-order chi connectivity index (χ0) is 21.1. The van der Waals surface area contributed by atoms with E-state index in [1.807, 2.05) is 48.2 Å². The van der Waals surface area contributed by atoms with Crippen LogP contribution in [0.2, 0.25) is 0 Å². The maximum Gasteiger partial charge on any atom is 0.254 e. The Kier molecular flexibility index (Phi) is 6.06. The van der Waals surface area contributed by atoms with Gasteiger partial charge in [-0.1, -0.05) is 6.07 Å². The third-order valence-corrected chi connectivity index (χ3v) is 6.23. The summed E-state index contributed by atoms with van der Waals surface area (Å²) in [6, 6.07) is 12.5. The molecule has 3 heterocycles. The molecule has 2 saturated heterocycles. The van der Waals surface area contributed by atoms with Crippen LogP contribution in [0.3, 0.4) is 0 Å². The SMILES string of the molecule is CC1CCCCN1c1ccc(N2CCN(C(=O)c3cccc(N(C)C)c3)CC2)nn1. The molecular formula is C23H32N6O. The molecule has 1 aromatic carbocycles. The second kappa shape index (κ2) is 8.90. The fraction of sp³-hybridized carbons (Fsp3) is 0.522. The van der Waals surface area contributed by atoms with Gasteiger partial charge in [0.1, 0.15) is 0 Å². The highest BCUT2D eigenvalue weighted by molar-refractivity contribution is 5.95. The van der Waals surface area contributed by atoms with Crippen molar-refractivity contribution in [2.24, 2.45) is 0 Å². The van der Waals surface area contributed by atoms with E-state index in [4.69, 9.17) is 0 Å². The number of hydrogen-bond donors (Lipinski definition) is 0. The molecule has 0 saturated carbocycles. The summed E-state index contributed by atoms with van der Waals surface area (Å²) in [7, 11) is 3.97. The number of piperidine rings is 1. The fourth-order valence-corrected chi connectivity index (χ4v) is 4.32. The van der Waals surface area contributed by atoms with E-state index in [9.17, 15) is 4.79 Å². The number of benzene rings is 1. The van der Waals surface area contributed by atoms with Gasteiger partial charge in [0.15, 0.2) is 11.6 Å².